The Labute approximate surface area is 169 Å². The molecule has 29 heavy (non-hydrogen) atoms. The summed E-state index contributed by atoms with van der Waals surface area (Å²) in [5, 5.41) is 12.3. The number of hydrogen-bond donors (Lipinski definition) is 1. The highest BCUT2D eigenvalue weighted by atomic mass is 16.3. The zero-order chi connectivity index (χ0) is 20.5. The summed E-state index contributed by atoms with van der Waals surface area (Å²) in [4.78, 5) is 17.7. The first-order valence-corrected chi connectivity index (χ1v) is 9.51. The summed E-state index contributed by atoms with van der Waals surface area (Å²) in [5.41, 5.74) is 5.00. The van der Waals surface area contributed by atoms with Crippen LogP contribution < -0.4 is 5.56 Å². The van der Waals surface area contributed by atoms with Gasteiger partial charge >= 0.3 is 0 Å². The fourth-order valence-corrected chi connectivity index (χ4v) is 3.51. The molecule has 1 aromatic heterocycles. The van der Waals surface area contributed by atoms with Crippen molar-refractivity contribution in [1.29, 1.82) is 0 Å². The number of fused-ring (bicyclic) bond motifs is 1. The van der Waals surface area contributed by atoms with Crippen molar-refractivity contribution in [3.63, 3.8) is 0 Å². The van der Waals surface area contributed by atoms with E-state index in [-0.39, 0.29) is 11.4 Å². The van der Waals surface area contributed by atoms with Crippen molar-refractivity contribution in [2.45, 2.75) is 20.8 Å². The number of aliphatic imine (C=N–C) groups is 1. The van der Waals surface area contributed by atoms with Crippen molar-refractivity contribution >= 4 is 22.7 Å². The lowest BCUT2D eigenvalue weighted by atomic mass is 10.1. The van der Waals surface area contributed by atoms with E-state index in [1.807, 2.05) is 75.4 Å². The van der Waals surface area contributed by atoms with Gasteiger partial charge in [-0.1, -0.05) is 53.6 Å². The number of benzene rings is 3. The number of aromatic nitrogens is 1. The smallest absolute Gasteiger partial charge is 0.265 e. The van der Waals surface area contributed by atoms with E-state index in [9.17, 15) is 9.90 Å². The largest absolute Gasteiger partial charge is 0.494 e. The van der Waals surface area contributed by atoms with Crippen LogP contribution in [-0.4, -0.2) is 15.9 Å². The van der Waals surface area contributed by atoms with Crippen LogP contribution >= 0.6 is 0 Å². The number of aryl methyl sites for hydroxylation is 3. The van der Waals surface area contributed by atoms with Crippen LogP contribution in [0.5, 0.6) is 5.88 Å². The van der Waals surface area contributed by atoms with Gasteiger partial charge < -0.3 is 5.11 Å². The molecule has 0 amide bonds. The van der Waals surface area contributed by atoms with Gasteiger partial charge in [-0.15, -0.1) is 0 Å². The van der Waals surface area contributed by atoms with E-state index in [0.717, 1.165) is 16.8 Å². The zero-order valence-electron chi connectivity index (χ0n) is 16.7. The SMILES string of the molecule is Cc1ccc(-n2c(O)c(C=Nc3ccc(C)cc3C)c3ccccc3c2=O)cc1. The van der Waals surface area contributed by atoms with Gasteiger partial charge in [-0.05, 0) is 50.6 Å². The molecule has 4 aromatic rings. The van der Waals surface area contributed by atoms with Crippen LogP contribution in [-0.2, 0) is 0 Å². The fourth-order valence-electron chi connectivity index (χ4n) is 3.51. The first-order valence-electron chi connectivity index (χ1n) is 9.51. The average Bonchev–Trinajstić information content (AvgIpc) is 2.71. The van der Waals surface area contributed by atoms with Crippen LogP contribution in [0.3, 0.4) is 0 Å². The molecule has 0 bridgehead atoms. The summed E-state index contributed by atoms with van der Waals surface area (Å²) >= 11 is 0. The summed E-state index contributed by atoms with van der Waals surface area (Å²) in [6, 6.07) is 20.8. The molecule has 1 N–H and O–H groups in total. The quantitative estimate of drug-likeness (QED) is 0.484. The van der Waals surface area contributed by atoms with Crippen molar-refractivity contribution in [1.82, 2.24) is 4.57 Å². The predicted molar refractivity (Wildman–Crippen MR) is 119 cm³/mol. The zero-order valence-corrected chi connectivity index (χ0v) is 16.7. The first kappa shape index (κ1) is 18.7. The van der Waals surface area contributed by atoms with Crippen LogP contribution in [0.15, 0.2) is 76.5 Å². The second-order valence-electron chi connectivity index (χ2n) is 7.31. The molecule has 0 radical (unpaired) electrons. The normalized spacial score (nSPS) is 11.4. The molecular formula is C25H22N2O2. The molecule has 1 heterocycles. The molecule has 4 heteroatoms. The van der Waals surface area contributed by atoms with Crippen LogP contribution in [0.25, 0.3) is 16.5 Å². The highest BCUT2D eigenvalue weighted by Crippen LogP contribution is 2.27. The van der Waals surface area contributed by atoms with Gasteiger partial charge in [0, 0.05) is 17.0 Å². The summed E-state index contributed by atoms with van der Waals surface area (Å²) in [6.07, 6.45) is 1.64. The first-order chi connectivity index (χ1) is 14.0. The number of rotatable bonds is 3. The summed E-state index contributed by atoms with van der Waals surface area (Å²) < 4.78 is 1.34. The Morgan fingerprint density at radius 2 is 1.52 bits per heavy atom. The van der Waals surface area contributed by atoms with Gasteiger partial charge in [-0.2, -0.15) is 0 Å². The molecule has 0 unspecified atom stereocenters. The van der Waals surface area contributed by atoms with Gasteiger partial charge in [0.05, 0.1) is 16.9 Å². The average molecular weight is 382 g/mol. The number of nitrogens with zero attached hydrogens (tertiary/aromatic N) is 2. The highest BCUT2D eigenvalue weighted by Gasteiger charge is 2.16. The molecule has 0 atom stereocenters. The van der Waals surface area contributed by atoms with Crippen molar-refractivity contribution in [2.75, 3.05) is 0 Å². The Balaban J connectivity index is 1.97. The number of pyridine rings is 1. The lowest BCUT2D eigenvalue weighted by Crippen LogP contribution is -2.20. The summed E-state index contributed by atoms with van der Waals surface area (Å²) in [7, 11) is 0. The molecular weight excluding hydrogens is 360 g/mol. The van der Waals surface area contributed by atoms with E-state index < -0.39 is 0 Å². The van der Waals surface area contributed by atoms with E-state index in [1.54, 1.807) is 12.3 Å². The Morgan fingerprint density at radius 3 is 2.21 bits per heavy atom. The number of hydrogen-bond acceptors (Lipinski definition) is 3. The van der Waals surface area contributed by atoms with Crippen LogP contribution in [0, 0.1) is 20.8 Å². The lowest BCUT2D eigenvalue weighted by Gasteiger charge is -2.14. The molecule has 0 spiro atoms. The second kappa shape index (κ2) is 7.40. The molecule has 0 aliphatic heterocycles. The Hall–Kier alpha value is -3.66. The molecule has 144 valence electrons. The van der Waals surface area contributed by atoms with Gasteiger partial charge in [0.2, 0.25) is 5.88 Å². The van der Waals surface area contributed by atoms with Gasteiger partial charge in [0.25, 0.3) is 5.56 Å². The molecule has 0 saturated heterocycles. The Bertz CT molecular complexity index is 1300. The monoisotopic (exact) mass is 382 g/mol. The van der Waals surface area contributed by atoms with E-state index >= 15 is 0 Å². The molecule has 0 fully saturated rings. The van der Waals surface area contributed by atoms with Gasteiger partial charge in [-0.25, -0.2) is 4.57 Å². The van der Waals surface area contributed by atoms with Gasteiger partial charge in [0.1, 0.15) is 0 Å². The van der Waals surface area contributed by atoms with Crippen LogP contribution in [0.4, 0.5) is 5.69 Å². The fraction of sp³-hybridized carbons (Fsp3) is 0.120. The second-order valence-corrected chi connectivity index (χ2v) is 7.31. The lowest BCUT2D eigenvalue weighted by molar-refractivity contribution is 0.436. The predicted octanol–water partition coefficient (Wildman–Crippen LogP) is 5.37. The van der Waals surface area contributed by atoms with Crippen LogP contribution in [0.2, 0.25) is 0 Å². The third kappa shape index (κ3) is 3.45. The Morgan fingerprint density at radius 1 is 0.862 bits per heavy atom. The van der Waals surface area contributed by atoms with E-state index in [1.165, 1.54) is 10.1 Å². The van der Waals surface area contributed by atoms with Crippen molar-refractivity contribution in [3.05, 3.63) is 99.3 Å². The molecule has 3 aromatic carbocycles. The molecule has 0 saturated carbocycles. The topological polar surface area (TPSA) is 54.6 Å². The third-order valence-electron chi connectivity index (χ3n) is 5.08. The van der Waals surface area contributed by atoms with Gasteiger partial charge in [0.15, 0.2) is 0 Å². The molecule has 4 rings (SSSR count). The minimum Gasteiger partial charge on any atom is -0.494 e. The van der Waals surface area contributed by atoms with Crippen molar-refractivity contribution in [2.24, 2.45) is 4.99 Å². The van der Waals surface area contributed by atoms with Gasteiger partial charge in [-0.3, -0.25) is 9.79 Å². The third-order valence-corrected chi connectivity index (χ3v) is 5.08. The van der Waals surface area contributed by atoms with E-state index in [2.05, 4.69) is 11.1 Å². The maximum Gasteiger partial charge on any atom is 0.265 e. The van der Waals surface area contributed by atoms with Crippen molar-refractivity contribution in [3.8, 4) is 11.6 Å². The molecule has 0 aliphatic carbocycles. The van der Waals surface area contributed by atoms with E-state index in [4.69, 9.17) is 0 Å². The number of aromatic hydroxyl groups is 1. The minimum absolute atomic E-state index is 0.119. The van der Waals surface area contributed by atoms with E-state index in [0.29, 0.717) is 22.0 Å². The molecule has 4 nitrogen and oxygen atoms in total. The maximum absolute atomic E-state index is 13.1. The highest BCUT2D eigenvalue weighted by molar-refractivity contribution is 6.02. The summed E-state index contributed by atoms with van der Waals surface area (Å²) in [6.45, 7) is 6.02. The summed E-state index contributed by atoms with van der Waals surface area (Å²) in [5.74, 6) is -0.119. The minimum atomic E-state index is -0.259. The van der Waals surface area contributed by atoms with Crippen LogP contribution in [0.1, 0.15) is 22.3 Å². The maximum atomic E-state index is 13.1. The Kier molecular flexibility index (Phi) is 4.77. The molecule has 0 aliphatic rings. The standard InChI is InChI=1S/C25H22N2O2/c1-16-8-11-19(12-9-16)27-24(28)21-7-5-4-6-20(21)22(25(27)29)15-26-23-13-10-17(2)14-18(23)3/h4-15,29H,1-3H3. The van der Waals surface area contributed by atoms with Crippen molar-refractivity contribution < 1.29 is 5.11 Å².